The summed E-state index contributed by atoms with van der Waals surface area (Å²) in [6.45, 7) is 11.9. The third kappa shape index (κ3) is 4.54. The van der Waals surface area contributed by atoms with Crippen molar-refractivity contribution in [2.24, 2.45) is 0 Å². The van der Waals surface area contributed by atoms with Crippen molar-refractivity contribution in [3.63, 3.8) is 0 Å². The molecule has 0 aromatic carbocycles. The molecule has 2 aliphatic heterocycles. The van der Waals surface area contributed by atoms with E-state index in [1.165, 1.54) is 0 Å². The normalized spacial score (nSPS) is 26.3. The Labute approximate surface area is 144 Å². The van der Waals surface area contributed by atoms with Crippen molar-refractivity contribution in [3.8, 4) is 0 Å². The van der Waals surface area contributed by atoms with Crippen LogP contribution in [0.4, 0.5) is 0 Å². The highest BCUT2D eigenvalue weighted by atomic mass is 16.5. The molecule has 0 aromatic heterocycles. The molecule has 0 saturated carbocycles. The second-order valence-electron chi connectivity index (χ2n) is 6.34. The molecule has 0 N–H and O–H groups in total. The predicted octanol–water partition coefficient (Wildman–Crippen LogP) is 3.13. The van der Waals surface area contributed by atoms with Gasteiger partial charge in [0, 0.05) is 0 Å². The molecule has 2 atom stereocenters. The Morgan fingerprint density at radius 2 is 1.33 bits per heavy atom. The van der Waals surface area contributed by atoms with E-state index in [4.69, 9.17) is 18.9 Å². The Balaban J connectivity index is 1.47. The molecule has 0 fully saturated rings. The van der Waals surface area contributed by atoms with Gasteiger partial charge < -0.3 is 18.9 Å². The van der Waals surface area contributed by atoms with Crippen molar-refractivity contribution >= 4 is 0 Å². The van der Waals surface area contributed by atoms with Gasteiger partial charge in [0.2, 0.25) is 0 Å². The standard InChI is InChI=1S/C20H26O4/c1-15(17-7-9-21-13-17)11-23-19-5-3-4-6-20(19)24-12-16(2)18-8-10-22-14-18/h3-4,7-8,19-20H,1-2,5-6,9-14H2/t19-,20-/m1/s1. The van der Waals surface area contributed by atoms with Gasteiger partial charge in [0.1, 0.15) is 0 Å². The third-order valence-electron chi connectivity index (χ3n) is 4.58. The summed E-state index contributed by atoms with van der Waals surface area (Å²) >= 11 is 0. The monoisotopic (exact) mass is 330 g/mol. The van der Waals surface area contributed by atoms with Gasteiger partial charge in [-0.1, -0.05) is 37.5 Å². The van der Waals surface area contributed by atoms with Crippen molar-refractivity contribution in [1.29, 1.82) is 0 Å². The molecule has 130 valence electrons. The van der Waals surface area contributed by atoms with Gasteiger partial charge in [-0.25, -0.2) is 0 Å². The molecule has 0 saturated heterocycles. The summed E-state index contributed by atoms with van der Waals surface area (Å²) in [5.74, 6) is 0. The Hall–Kier alpha value is -1.46. The summed E-state index contributed by atoms with van der Waals surface area (Å²) in [6.07, 6.45) is 10.3. The summed E-state index contributed by atoms with van der Waals surface area (Å²) in [6, 6.07) is 0. The van der Waals surface area contributed by atoms with Crippen molar-refractivity contribution in [2.45, 2.75) is 25.0 Å². The molecular formula is C20H26O4. The van der Waals surface area contributed by atoms with Crippen molar-refractivity contribution in [1.82, 2.24) is 0 Å². The van der Waals surface area contributed by atoms with Crippen LogP contribution in [-0.4, -0.2) is 51.8 Å². The summed E-state index contributed by atoms with van der Waals surface area (Å²) in [7, 11) is 0. The van der Waals surface area contributed by atoms with Gasteiger partial charge >= 0.3 is 0 Å². The molecule has 3 rings (SSSR count). The molecule has 0 radical (unpaired) electrons. The van der Waals surface area contributed by atoms with E-state index in [0.29, 0.717) is 39.6 Å². The van der Waals surface area contributed by atoms with Crippen molar-refractivity contribution in [2.75, 3.05) is 39.6 Å². The summed E-state index contributed by atoms with van der Waals surface area (Å²) in [5.41, 5.74) is 4.30. The topological polar surface area (TPSA) is 36.9 Å². The van der Waals surface area contributed by atoms with E-state index in [-0.39, 0.29) is 12.2 Å². The lowest BCUT2D eigenvalue weighted by molar-refractivity contribution is -0.0609. The Bertz CT molecular complexity index is 520. The highest BCUT2D eigenvalue weighted by molar-refractivity contribution is 5.32. The number of ether oxygens (including phenoxy) is 4. The maximum Gasteiger partial charge on any atom is 0.0878 e. The van der Waals surface area contributed by atoms with Crippen LogP contribution < -0.4 is 0 Å². The second-order valence-corrected chi connectivity index (χ2v) is 6.34. The minimum Gasteiger partial charge on any atom is -0.373 e. The highest BCUT2D eigenvalue weighted by Gasteiger charge is 2.25. The van der Waals surface area contributed by atoms with Crippen LogP contribution in [0.3, 0.4) is 0 Å². The fourth-order valence-corrected chi connectivity index (χ4v) is 2.98. The van der Waals surface area contributed by atoms with Crippen LogP contribution in [0.5, 0.6) is 0 Å². The molecule has 0 bridgehead atoms. The van der Waals surface area contributed by atoms with Crippen LogP contribution in [0.15, 0.2) is 59.8 Å². The van der Waals surface area contributed by atoms with Gasteiger partial charge in [0.25, 0.3) is 0 Å². The molecule has 24 heavy (non-hydrogen) atoms. The average molecular weight is 330 g/mol. The van der Waals surface area contributed by atoms with Crippen LogP contribution in [0.2, 0.25) is 0 Å². The predicted molar refractivity (Wildman–Crippen MR) is 93.9 cm³/mol. The fourth-order valence-electron chi connectivity index (χ4n) is 2.98. The van der Waals surface area contributed by atoms with Gasteiger partial charge in [0.15, 0.2) is 0 Å². The molecule has 0 aromatic rings. The molecule has 0 unspecified atom stereocenters. The lowest BCUT2D eigenvalue weighted by Crippen LogP contribution is -2.34. The minimum atomic E-state index is 0.0521. The largest absolute Gasteiger partial charge is 0.373 e. The first-order valence-electron chi connectivity index (χ1n) is 8.52. The summed E-state index contributed by atoms with van der Waals surface area (Å²) < 4.78 is 22.8. The fraction of sp³-hybridized carbons (Fsp3) is 0.500. The SMILES string of the molecule is C=C(CO[C@@H]1CC=CC[C@H]1OCC(=C)C1=CCOC1)C1=CCOC1. The van der Waals surface area contributed by atoms with Crippen LogP contribution >= 0.6 is 0 Å². The highest BCUT2D eigenvalue weighted by Crippen LogP contribution is 2.23. The molecule has 2 heterocycles. The van der Waals surface area contributed by atoms with Gasteiger partial charge in [-0.2, -0.15) is 0 Å². The average Bonchev–Trinajstić information content (AvgIpc) is 3.31. The third-order valence-corrected chi connectivity index (χ3v) is 4.58. The van der Waals surface area contributed by atoms with Gasteiger partial charge in [-0.05, 0) is 35.1 Å². The van der Waals surface area contributed by atoms with E-state index in [1.807, 2.05) is 0 Å². The van der Waals surface area contributed by atoms with E-state index in [1.54, 1.807) is 0 Å². The van der Waals surface area contributed by atoms with Crippen LogP contribution in [-0.2, 0) is 18.9 Å². The molecule has 4 nitrogen and oxygen atoms in total. The zero-order valence-electron chi connectivity index (χ0n) is 14.2. The molecule has 0 amide bonds. The lowest BCUT2D eigenvalue weighted by Gasteiger charge is -2.29. The van der Waals surface area contributed by atoms with Gasteiger partial charge in [-0.3, -0.25) is 0 Å². The van der Waals surface area contributed by atoms with E-state index in [9.17, 15) is 0 Å². The first-order chi connectivity index (χ1) is 11.7. The summed E-state index contributed by atoms with van der Waals surface area (Å²) in [4.78, 5) is 0. The van der Waals surface area contributed by atoms with E-state index in [0.717, 1.165) is 35.1 Å². The second kappa shape index (κ2) is 8.58. The lowest BCUT2D eigenvalue weighted by atomic mass is 10.0. The molecule has 4 heteroatoms. The molecular weight excluding hydrogens is 304 g/mol. The first kappa shape index (κ1) is 17.4. The Morgan fingerprint density at radius 3 is 1.71 bits per heavy atom. The number of hydrogen-bond acceptors (Lipinski definition) is 4. The van der Waals surface area contributed by atoms with Gasteiger partial charge in [0.05, 0.1) is 51.8 Å². The molecule has 0 spiro atoms. The zero-order chi connectivity index (χ0) is 16.8. The van der Waals surface area contributed by atoms with Crippen LogP contribution in [0.1, 0.15) is 12.8 Å². The van der Waals surface area contributed by atoms with E-state index >= 15 is 0 Å². The van der Waals surface area contributed by atoms with Crippen LogP contribution in [0.25, 0.3) is 0 Å². The number of rotatable bonds is 8. The van der Waals surface area contributed by atoms with Crippen LogP contribution in [0, 0.1) is 0 Å². The molecule has 1 aliphatic carbocycles. The van der Waals surface area contributed by atoms with E-state index < -0.39 is 0 Å². The maximum absolute atomic E-state index is 6.09. The minimum absolute atomic E-state index is 0.0521. The Morgan fingerprint density at radius 1 is 0.875 bits per heavy atom. The maximum atomic E-state index is 6.09. The first-order valence-corrected chi connectivity index (χ1v) is 8.52. The van der Waals surface area contributed by atoms with Gasteiger partial charge in [-0.15, -0.1) is 0 Å². The smallest absolute Gasteiger partial charge is 0.0878 e. The summed E-state index contributed by atoms with van der Waals surface area (Å²) in [5, 5.41) is 0. The number of hydrogen-bond donors (Lipinski definition) is 0. The van der Waals surface area contributed by atoms with E-state index in [2.05, 4.69) is 37.5 Å². The van der Waals surface area contributed by atoms with Crippen molar-refractivity contribution < 1.29 is 18.9 Å². The Kier molecular flexibility index (Phi) is 6.21. The quantitative estimate of drug-likeness (QED) is 0.641. The zero-order valence-corrected chi connectivity index (χ0v) is 14.2. The molecule has 3 aliphatic rings. The van der Waals surface area contributed by atoms with Crippen molar-refractivity contribution in [3.05, 3.63) is 59.8 Å².